The van der Waals surface area contributed by atoms with E-state index < -0.39 is 0 Å². The van der Waals surface area contributed by atoms with Gasteiger partial charge in [-0.25, -0.2) is 0 Å². The Morgan fingerprint density at radius 3 is 2.40 bits per heavy atom. The maximum atomic E-state index is 9.60. The Morgan fingerprint density at radius 1 is 0.800 bits per heavy atom. The van der Waals surface area contributed by atoms with Crippen molar-refractivity contribution in [3.05, 3.63) is 0 Å². The zero-order chi connectivity index (χ0) is 6.72. The van der Waals surface area contributed by atoms with Crippen molar-refractivity contribution in [1.29, 1.82) is 0 Å². The molecule has 0 amide bonds. The molecule has 5 atom stereocenters. The number of rotatable bonds is 0. The summed E-state index contributed by atoms with van der Waals surface area (Å²) in [5.74, 6) is 3.63. The van der Waals surface area contributed by atoms with Crippen molar-refractivity contribution in [3.63, 3.8) is 0 Å². The lowest BCUT2D eigenvalue weighted by atomic mass is 10.1. The number of hydrogen-bond acceptors (Lipinski definition) is 1. The standard InChI is InChI=1S/C9H14O/c10-9-4-6-1-5(6)2-7-3-8(7)9/h5-10H,1-4H2/t5-,6-,7+,8-,9+/m1/s1. The van der Waals surface area contributed by atoms with Crippen molar-refractivity contribution in [2.45, 2.75) is 31.8 Å². The fourth-order valence-corrected chi connectivity index (χ4v) is 2.77. The second kappa shape index (κ2) is 1.58. The maximum absolute atomic E-state index is 9.60. The molecular weight excluding hydrogens is 124 g/mol. The van der Waals surface area contributed by atoms with Gasteiger partial charge in [-0.3, -0.25) is 0 Å². The molecule has 0 spiro atoms. The molecule has 1 N–H and O–H groups in total. The van der Waals surface area contributed by atoms with Gasteiger partial charge < -0.3 is 5.11 Å². The van der Waals surface area contributed by atoms with Crippen LogP contribution in [0.5, 0.6) is 0 Å². The second-order valence-electron chi connectivity index (χ2n) is 4.45. The summed E-state index contributed by atoms with van der Waals surface area (Å²) in [7, 11) is 0. The fourth-order valence-electron chi connectivity index (χ4n) is 2.77. The van der Waals surface area contributed by atoms with E-state index in [-0.39, 0.29) is 6.10 Å². The highest BCUT2D eigenvalue weighted by Gasteiger charge is 2.53. The zero-order valence-electron chi connectivity index (χ0n) is 6.16. The molecule has 0 unspecified atom stereocenters. The Kier molecular flexibility index (Phi) is 0.883. The summed E-state index contributed by atoms with van der Waals surface area (Å²) in [5, 5.41) is 9.60. The maximum Gasteiger partial charge on any atom is 0.0573 e. The van der Waals surface area contributed by atoms with Crippen LogP contribution in [0.15, 0.2) is 0 Å². The van der Waals surface area contributed by atoms with Gasteiger partial charge in [-0.2, -0.15) is 0 Å². The minimum absolute atomic E-state index is 0.0856. The van der Waals surface area contributed by atoms with Gasteiger partial charge in [0.2, 0.25) is 0 Å². The molecule has 3 saturated carbocycles. The van der Waals surface area contributed by atoms with E-state index in [1.807, 2.05) is 0 Å². The van der Waals surface area contributed by atoms with Gasteiger partial charge in [-0.1, -0.05) is 0 Å². The molecule has 56 valence electrons. The van der Waals surface area contributed by atoms with Gasteiger partial charge in [0, 0.05) is 0 Å². The smallest absolute Gasteiger partial charge is 0.0573 e. The van der Waals surface area contributed by atoms with Crippen molar-refractivity contribution in [2.24, 2.45) is 23.7 Å². The molecule has 0 heterocycles. The Morgan fingerprint density at radius 2 is 1.50 bits per heavy atom. The largest absolute Gasteiger partial charge is 0.393 e. The van der Waals surface area contributed by atoms with Crippen LogP contribution in [0.4, 0.5) is 0 Å². The summed E-state index contributed by atoms with van der Waals surface area (Å²) < 4.78 is 0. The van der Waals surface area contributed by atoms with Crippen LogP contribution >= 0.6 is 0 Å². The molecule has 3 aliphatic rings. The van der Waals surface area contributed by atoms with Gasteiger partial charge >= 0.3 is 0 Å². The molecule has 0 aromatic carbocycles. The summed E-state index contributed by atoms with van der Waals surface area (Å²) in [6, 6.07) is 0. The number of hydrogen-bond donors (Lipinski definition) is 1. The quantitative estimate of drug-likeness (QED) is 0.536. The molecule has 0 aromatic rings. The summed E-state index contributed by atoms with van der Waals surface area (Å²) >= 11 is 0. The minimum Gasteiger partial charge on any atom is -0.393 e. The lowest BCUT2D eigenvalue weighted by molar-refractivity contribution is 0.133. The third-order valence-corrected chi connectivity index (χ3v) is 3.69. The predicted octanol–water partition coefficient (Wildman–Crippen LogP) is 1.41. The third kappa shape index (κ3) is 0.672. The summed E-state index contributed by atoms with van der Waals surface area (Å²) in [4.78, 5) is 0. The molecule has 3 rings (SSSR count). The fraction of sp³-hybridized carbons (Fsp3) is 1.00. The van der Waals surface area contributed by atoms with Crippen molar-refractivity contribution >= 4 is 0 Å². The van der Waals surface area contributed by atoms with Crippen LogP contribution < -0.4 is 0 Å². The lowest BCUT2D eigenvalue weighted by Crippen LogP contribution is -2.09. The van der Waals surface area contributed by atoms with Crippen LogP contribution in [0.2, 0.25) is 0 Å². The van der Waals surface area contributed by atoms with E-state index in [1.54, 1.807) is 0 Å². The Hall–Kier alpha value is -0.0400. The molecule has 3 fully saturated rings. The van der Waals surface area contributed by atoms with Crippen LogP contribution in [0.25, 0.3) is 0 Å². The molecule has 0 radical (unpaired) electrons. The van der Waals surface area contributed by atoms with E-state index in [0.717, 1.165) is 30.1 Å². The first-order valence-corrected chi connectivity index (χ1v) is 4.52. The van der Waals surface area contributed by atoms with Gasteiger partial charge in [0.05, 0.1) is 6.10 Å². The average molecular weight is 138 g/mol. The van der Waals surface area contributed by atoms with Gasteiger partial charge in [0.25, 0.3) is 0 Å². The van der Waals surface area contributed by atoms with E-state index in [9.17, 15) is 5.11 Å². The van der Waals surface area contributed by atoms with E-state index in [4.69, 9.17) is 0 Å². The Bertz CT molecular complexity index is 164. The lowest BCUT2D eigenvalue weighted by Gasteiger charge is -2.05. The van der Waals surface area contributed by atoms with E-state index >= 15 is 0 Å². The van der Waals surface area contributed by atoms with Gasteiger partial charge in [-0.05, 0) is 49.4 Å². The first-order valence-electron chi connectivity index (χ1n) is 4.52. The van der Waals surface area contributed by atoms with Crippen LogP contribution in [0, 0.1) is 23.7 Å². The monoisotopic (exact) mass is 138 g/mol. The van der Waals surface area contributed by atoms with E-state index in [1.165, 1.54) is 19.3 Å². The van der Waals surface area contributed by atoms with Crippen molar-refractivity contribution in [2.75, 3.05) is 0 Å². The van der Waals surface area contributed by atoms with E-state index in [2.05, 4.69) is 0 Å². The topological polar surface area (TPSA) is 20.2 Å². The van der Waals surface area contributed by atoms with Crippen molar-refractivity contribution in [1.82, 2.24) is 0 Å². The highest BCUT2D eigenvalue weighted by Crippen LogP contribution is 2.59. The first-order chi connectivity index (χ1) is 4.84. The van der Waals surface area contributed by atoms with Gasteiger partial charge in [0.15, 0.2) is 0 Å². The molecule has 3 aliphatic carbocycles. The highest BCUT2D eigenvalue weighted by atomic mass is 16.3. The Labute approximate surface area is 61.4 Å². The molecule has 1 nitrogen and oxygen atoms in total. The highest BCUT2D eigenvalue weighted by molar-refractivity contribution is 5.03. The number of aliphatic hydroxyl groups is 1. The number of aliphatic hydroxyl groups excluding tert-OH is 1. The van der Waals surface area contributed by atoms with E-state index in [0.29, 0.717) is 0 Å². The van der Waals surface area contributed by atoms with Gasteiger partial charge in [-0.15, -0.1) is 0 Å². The van der Waals surface area contributed by atoms with Crippen LogP contribution in [0.1, 0.15) is 25.7 Å². The van der Waals surface area contributed by atoms with Crippen LogP contribution in [0.3, 0.4) is 0 Å². The molecule has 1 heteroatoms. The SMILES string of the molecule is O[C@H]1C[C@H]2C[C@@H]2C[C@H]2C[C@H]21. The molecule has 0 aromatic heterocycles. The Balaban J connectivity index is 1.79. The molecule has 0 bridgehead atoms. The van der Waals surface area contributed by atoms with Crippen LogP contribution in [-0.2, 0) is 0 Å². The second-order valence-corrected chi connectivity index (χ2v) is 4.45. The minimum atomic E-state index is 0.0856. The average Bonchev–Trinajstić information content (AvgIpc) is 2.66. The molecule has 0 aliphatic heterocycles. The normalized spacial score (nSPS) is 63.9. The molecule has 10 heavy (non-hydrogen) atoms. The third-order valence-electron chi connectivity index (χ3n) is 3.69. The zero-order valence-corrected chi connectivity index (χ0v) is 6.16. The summed E-state index contributed by atoms with van der Waals surface area (Å²) in [5.41, 5.74) is 0. The van der Waals surface area contributed by atoms with Crippen molar-refractivity contribution in [3.8, 4) is 0 Å². The predicted molar refractivity (Wildman–Crippen MR) is 38.4 cm³/mol. The van der Waals surface area contributed by atoms with Crippen LogP contribution in [-0.4, -0.2) is 11.2 Å². The summed E-state index contributed by atoms with van der Waals surface area (Å²) in [6.07, 6.45) is 5.44. The van der Waals surface area contributed by atoms with Gasteiger partial charge in [0.1, 0.15) is 0 Å². The molecular formula is C9H14O. The van der Waals surface area contributed by atoms with Crippen molar-refractivity contribution < 1.29 is 5.11 Å². The summed E-state index contributed by atoms with van der Waals surface area (Å²) in [6.45, 7) is 0. The number of fused-ring (bicyclic) bond motifs is 2. The first kappa shape index (κ1) is 5.59. The molecule has 0 saturated heterocycles.